The van der Waals surface area contributed by atoms with E-state index in [4.69, 9.17) is 0 Å². The van der Waals surface area contributed by atoms with Crippen LogP contribution in [0.5, 0.6) is 0 Å². The molecule has 0 aromatic heterocycles. The van der Waals surface area contributed by atoms with Crippen molar-refractivity contribution in [3.63, 3.8) is 0 Å². The molecule has 2 amide bonds. The number of nitrogens with zero attached hydrogens (tertiary/aromatic N) is 2. The number of fused-ring (bicyclic) bond motifs is 2. The number of rotatable bonds is 6. The molecule has 8 heteroatoms. The van der Waals surface area contributed by atoms with Crippen LogP contribution >= 0.6 is 0 Å². The van der Waals surface area contributed by atoms with Gasteiger partial charge < -0.3 is 9.80 Å². The Morgan fingerprint density at radius 1 is 1.06 bits per heavy atom. The fraction of sp³-hybridized carbons (Fsp3) is 0.417. The third-order valence-corrected chi connectivity index (χ3v) is 8.02. The minimum Gasteiger partial charge on any atom is -0.312 e. The van der Waals surface area contributed by atoms with E-state index < -0.39 is 10.0 Å². The Bertz CT molecular complexity index is 1190. The monoisotopic (exact) mass is 453 g/mol. The maximum atomic E-state index is 12.8. The molecule has 2 heterocycles. The van der Waals surface area contributed by atoms with E-state index in [1.165, 1.54) is 0 Å². The first-order valence-corrected chi connectivity index (χ1v) is 12.7. The number of para-hydroxylation sites is 1. The van der Waals surface area contributed by atoms with Crippen LogP contribution in [0.3, 0.4) is 0 Å². The molecule has 0 bridgehead atoms. The van der Waals surface area contributed by atoms with Crippen LogP contribution in [0.15, 0.2) is 47.4 Å². The Morgan fingerprint density at radius 2 is 1.84 bits per heavy atom. The average molecular weight is 454 g/mol. The van der Waals surface area contributed by atoms with Crippen molar-refractivity contribution in [2.45, 2.75) is 50.0 Å². The largest absolute Gasteiger partial charge is 0.312 e. The maximum Gasteiger partial charge on any atom is 0.240 e. The van der Waals surface area contributed by atoms with Gasteiger partial charge in [0.15, 0.2) is 0 Å². The number of anilines is 2. The summed E-state index contributed by atoms with van der Waals surface area (Å²) in [5.41, 5.74) is 3.75. The van der Waals surface area contributed by atoms with E-state index in [2.05, 4.69) is 4.72 Å². The third-order valence-electron chi connectivity index (χ3n) is 6.56. The molecule has 32 heavy (non-hydrogen) atoms. The number of amides is 2. The topological polar surface area (TPSA) is 86.8 Å². The van der Waals surface area contributed by atoms with Crippen LogP contribution < -0.4 is 14.5 Å². The number of nitrogens with one attached hydrogen (secondary N) is 1. The molecule has 0 radical (unpaired) electrons. The molecule has 0 spiro atoms. The Morgan fingerprint density at radius 3 is 2.62 bits per heavy atom. The van der Waals surface area contributed by atoms with Crippen molar-refractivity contribution in [3.05, 3.63) is 53.6 Å². The van der Waals surface area contributed by atoms with E-state index in [9.17, 15) is 18.0 Å². The summed E-state index contributed by atoms with van der Waals surface area (Å²) >= 11 is 0. The van der Waals surface area contributed by atoms with Crippen LogP contribution in [0.2, 0.25) is 0 Å². The first kappa shape index (κ1) is 21.2. The minimum atomic E-state index is -3.74. The predicted octanol–water partition coefficient (Wildman–Crippen LogP) is 2.63. The second kappa shape index (κ2) is 8.01. The molecule has 1 saturated carbocycles. The molecule has 7 nitrogen and oxygen atoms in total. The fourth-order valence-electron chi connectivity index (χ4n) is 4.75. The van der Waals surface area contributed by atoms with E-state index in [1.54, 1.807) is 23.1 Å². The smallest absolute Gasteiger partial charge is 0.240 e. The zero-order chi connectivity index (χ0) is 22.5. The molecule has 1 atom stereocenters. The fourth-order valence-corrected chi connectivity index (χ4v) is 5.83. The van der Waals surface area contributed by atoms with Gasteiger partial charge in [-0.1, -0.05) is 18.2 Å². The van der Waals surface area contributed by atoms with E-state index in [0.717, 1.165) is 41.8 Å². The van der Waals surface area contributed by atoms with Gasteiger partial charge in [-0.3, -0.25) is 9.59 Å². The van der Waals surface area contributed by atoms with Gasteiger partial charge in [-0.15, -0.1) is 0 Å². The molecular formula is C24H27N3O4S. The summed E-state index contributed by atoms with van der Waals surface area (Å²) in [4.78, 5) is 29.0. The summed E-state index contributed by atoms with van der Waals surface area (Å²) in [6, 6.07) is 12.8. The standard InChI is InChI=1S/C24H27N3O4S/c1-16-14-19-15-20(8-9-22(19)27(16)24(29)18-6-7-18)32(30,31)25-12-10-23(28)26-13-11-17-4-2-3-5-21(17)26/h2-5,8-9,15-16,18,25H,6-7,10-14H2,1H3/t16-/m0/s1. The van der Waals surface area contributed by atoms with Gasteiger partial charge in [-0.25, -0.2) is 13.1 Å². The lowest BCUT2D eigenvalue weighted by atomic mass is 10.1. The molecule has 2 aromatic rings. The summed E-state index contributed by atoms with van der Waals surface area (Å²) in [5, 5.41) is 0. The van der Waals surface area contributed by atoms with Crippen molar-refractivity contribution >= 4 is 33.2 Å². The van der Waals surface area contributed by atoms with Gasteiger partial charge in [0.05, 0.1) is 4.90 Å². The Labute approximate surface area is 188 Å². The number of sulfonamides is 1. The number of carbonyl (C=O) groups excluding carboxylic acids is 2. The van der Waals surface area contributed by atoms with Crippen LogP contribution in [0, 0.1) is 5.92 Å². The lowest BCUT2D eigenvalue weighted by molar-refractivity contribution is -0.120. The van der Waals surface area contributed by atoms with Crippen LogP contribution in [0.1, 0.15) is 37.3 Å². The second-order valence-corrected chi connectivity index (χ2v) is 10.7. The van der Waals surface area contributed by atoms with Crippen LogP contribution in [-0.2, 0) is 32.5 Å². The highest BCUT2D eigenvalue weighted by Gasteiger charge is 2.39. The summed E-state index contributed by atoms with van der Waals surface area (Å²) in [7, 11) is -3.74. The summed E-state index contributed by atoms with van der Waals surface area (Å²) in [6.07, 6.45) is 3.44. The van der Waals surface area contributed by atoms with E-state index in [1.807, 2.05) is 36.1 Å². The highest BCUT2D eigenvalue weighted by molar-refractivity contribution is 7.89. The van der Waals surface area contributed by atoms with E-state index in [0.29, 0.717) is 13.0 Å². The van der Waals surface area contributed by atoms with Crippen LogP contribution in [0.4, 0.5) is 11.4 Å². The first-order valence-electron chi connectivity index (χ1n) is 11.2. The molecule has 2 aliphatic heterocycles. The van der Waals surface area contributed by atoms with Crippen molar-refractivity contribution in [1.82, 2.24) is 4.72 Å². The van der Waals surface area contributed by atoms with Crippen LogP contribution in [0.25, 0.3) is 0 Å². The summed E-state index contributed by atoms with van der Waals surface area (Å²) in [5.74, 6) is 0.176. The first-order chi connectivity index (χ1) is 15.3. The Balaban J connectivity index is 1.23. The lowest BCUT2D eigenvalue weighted by Gasteiger charge is -2.22. The molecule has 5 rings (SSSR count). The van der Waals surface area contributed by atoms with E-state index in [-0.39, 0.29) is 41.6 Å². The van der Waals surface area contributed by atoms with Crippen molar-refractivity contribution in [1.29, 1.82) is 0 Å². The predicted molar refractivity (Wildman–Crippen MR) is 122 cm³/mol. The van der Waals surface area contributed by atoms with Gasteiger partial charge in [0.2, 0.25) is 21.8 Å². The zero-order valence-corrected chi connectivity index (χ0v) is 18.9. The summed E-state index contributed by atoms with van der Waals surface area (Å²) in [6.45, 7) is 2.67. The number of hydrogen-bond donors (Lipinski definition) is 1. The number of carbonyl (C=O) groups is 2. The molecule has 0 unspecified atom stereocenters. The van der Waals surface area contributed by atoms with Crippen molar-refractivity contribution in [3.8, 4) is 0 Å². The second-order valence-electron chi connectivity index (χ2n) is 8.90. The van der Waals surface area contributed by atoms with Gasteiger partial charge >= 0.3 is 0 Å². The minimum absolute atomic E-state index is 0.0324. The van der Waals surface area contributed by atoms with Crippen molar-refractivity contribution in [2.24, 2.45) is 5.92 Å². The normalized spacial score (nSPS) is 19.7. The van der Waals surface area contributed by atoms with Gasteiger partial charge in [-0.05, 0) is 68.0 Å². The maximum absolute atomic E-state index is 12.8. The molecule has 168 valence electrons. The lowest BCUT2D eigenvalue weighted by Crippen LogP contribution is -2.36. The van der Waals surface area contributed by atoms with Gasteiger partial charge in [0, 0.05) is 42.8 Å². The molecule has 1 N–H and O–H groups in total. The highest BCUT2D eigenvalue weighted by Crippen LogP contribution is 2.39. The number of hydrogen-bond acceptors (Lipinski definition) is 4. The molecule has 0 saturated heterocycles. The third kappa shape index (κ3) is 3.82. The Kier molecular flexibility index (Phi) is 5.29. The van der Waals surface area contributed by atoms with Crippen molar-refractivity contribution in [2.75, 3.05) is 22.9 Å². The SMILES string of the molecule is C[C@H]1Cc2cc(S(=O)(=O)NCCC(=O)N3CCc4ccccc43)ccc2N1C(=O)C1CC1. The molecular weight excluding hydrogens is 426 g/mol. The van der Waals surface area contributed by atoms with Gasteiger partial charge in [0.25, 0.3) is 0 Å². The quantitative estimate of drug-likeness (QED) is 0.729. The highest BCUT2D eigenvalue weighted by atomic mass is 32.2. The molecule has 1 aliphatic carbocycles. The van der Waals surface area contributed by atoms with Crippen molar-refractivity contribution < 1.29 is 18.0 Å². The number of benzene rings is 2. The van der Waals surface area contributed by atoms with E-state index >= 15 is 0 Å². The Hall–Kier alpha value is -2.71. The van der Waals surface area contributed by atoms with Crippen LogP contribution in [-0.4, -0.2) is 39.4 Å². The average Bonchev–Trinajstić information content (AvgIpc) is 3.44. The molecule has 1 fully saturated rings. The zero-order valence-electron chi connectivity index (χ0n) is 18.1. The molecule has 3 aliphatic rings. The summed E-state index contributed by atoms with van der Waals surface area (Å²) < 4.78 is 28.2. The van der Waals surface area contributed by atoms with Gasteiger partial charge in [0.1, 0.15) is 0 Å². The molecule has 2 aromatic carbocycles. The van der Waals surface area contributed by atoms with Gasteiger partial charge in [-0.2, -0.15) is 0 Å².